The number of ether oxygens (including phenoxy) is 2. The number of fused-ring (bicyclic) bond motifs is 1. The maximum atomic E-state index is 12.4. The summed E-state index contributed by atoms with van der Waals surface area (Å²) in [5.41, 5.74) is 0.715. The zero-order valence-corrected chi connectivity index (χ0v) is 14.7. The lowest BCUT2D eigenvalue weighted by Crippen LogP contribution is -2.43. The molecule has 0 aromatic heterocycles. The zero-order chi connectivity index (χ0) is 17.8. The molecule has 1 aliphatic heterocycles. The molecule has 3 rings (SSSR count). The number of carboxylic acids is 1. The Bertz CT molecular complexity index is 663. The summed E-state index contributed by atoms with van der Waals surface area (Å²) >= 11 is 6.19. The van der Waals surface area contributed by atoms with Crippen molar-refractivity contribution in [2.45, 2.75) is 44.6 Å². The van der Waals surface area contributed by atoms with Crippen molar-refractivity contribution in [3.05, 3.63) is 22.7 Å². The summed E-state index contributed by atoms with van der Waals surface area (Å²) in [6, 6.07) is 3.12. The van der Waals surface area contributed by atoms with E-state index in [0.717, 1.165) is 19.3 Å². The third-order valence-electron chi connectivity index (χ3n) is 4.70. The fourth-order valence-corrected chi connectivity index (χ4v) is 3.77. The number of amides is 1. The fraction of sp³-hybridized carbons (Fsp3) is 0.556. The van der Waals surface area contributed by atoms with Crippen molar-refractivity contribution in [3.63, 3.8) is 0 Å². The highest BCUT2D eigenvalue weighted by Crippen LogP contribution is 2.38. The molecule has 1 aromatic carbocycles. The summed E-state index contributed by atoms with van der Waals surface area (Å²) in [7, 11) is 0. The van der Waals surface area contributed by atoms with Crippen molar-refractivity contribution >= 4 is 23.5 Å². The summed E-state index contributed by atoms with van der Waals surface area (Å²) < 4.78 is 11.0. The number of nitrogens with one attached hydrogen (secondary N) is 1. The van der Waals surface area contributed by atoms with Crippen LogP contribution < -0.4 is 14.8 Å². The number of carboxylic acid groups (broad SMARTS) is 1. The van der Waals surface area contributed by atoms with Gasteiger partial charge >= 0.3 is 5.97 Å². The van der Waals surface area contributed by atoms with E-state index in [2.05, 4.69) is 5.32 Å². The number of rotatable bonds is 4. The van der Waals surface area contributed by atoms with Gasteiger partial charge in [-0.25, -0.2) is 0 Å². The first kappa shape index (κ1) is 17.9. The molecule has 2 N–H and O–H groups in total. The van der Waals surface area contributed by atoms with E-state index in [1.165, 1.54) is 0 Å². The second-order valence-corrected chi connectivity index (χ2v) is 6.94. The molecule has 136 valence electrons. The first-order chi connectivity index (χ1) is 12.0. The van der Waals surface area contributed by atoms with Crippen molar-refractivity contribution in [2.75, 3.05) is 13.2 Å². The molecule has 2 atom stereocenters. The smallest absolute Gasteiger partial charge is 0.308 e. The molecule has 2 aliphatic rings. The van der Waals surface area contributed by atoms with Crippen LogP contribution in [-0.2, 0) is 16.0 Å². The van der Waals surface area contributed by atoms with Crippen molar-refractivity contribution < 1.29 is 24.2 Å². The van der Waals surface area contributed by atoms with Gasteiger partial charge in [-0.2, -0.15) is 0 Å². The summed E-state index contributed by atoms with van der Waals surface area (Å²) in [4.78, 5) is 23.9. The third-order valence-corrected chi connectivity index (χ3v) is 4.98. The van der Waals surface area contributed by atoms with E-state index in [1.54, 1.807) is 12.1 Å². The average Bonchev–Trinajstić information content (AvgIpc) is 2.80. The molecule has 0 unspecified atom stereocenters. The van der Waals surface area contributed by atoms with Crippen LogP contribution in [0.15, 0.2) is 12.1 Å². The van der Waals surface area contributed by atoms with Gasteiger partial charge in [0.25, 0.3) is 0 Å². The number of hydrogen-bond donors (Lipinski definition) is 2. The van der Waals surface area contributed by atoms with E-state index >= 15 is 0 Å². The second kappa shape index (κ2) is 7.95. The molecule has 6 nitrogen and oxygen atoms in total. The van der Waals surface area contributed by atoms with Crippen LogP contribution in [0, 0.1) is 5.92 Å². The topological polar surface area (TPSA) is 84.9 Å². The van der Waals surface area contributed by atoms with Crippen molar-refractivity contribution in [3.8, 4) is 11.5 Å². The molecular formula is C18H22ClNO5. The van der Waals surface area contributed by atoms with Gasteiger partial charge in [0.1, 0.15) is 13.2 Å². The van der Waals surface area contributed by atoms with Gasteiger partial charge in [-0.3, -0.25) is 9.59 Å². The minimum atomic E-state index is -0.838. The maximum Gasteiger partial charge on any atom is 0.308 e. The molecule has 1 aliphatic carbocycles. The van der Waals surface area contributed by atoms with Gasteiger partial charge in [-0.15, -0.1) is 0 Å². The Labute approximate surface area is 151 Å². The molecule has 25 heavy (non-hydrogen) atoms. The standard InChI is InChI=1S/C18H22ClNO5/c19-13-8-11(9-15-17(13)25-7-6-24-15)10-16(21)20-14-5-3-1-2-4-12(14)18(22)23/h8-9,12,14H,1-7,10H2,(H,20,21)(H,22,23)/t12-,14+/m1/s1. The molecule has 1 aromatic rings. The fourth-order valence-electron chi connectivity index (χ4n) is 3.49. The van der Waals surface area contributed by atoms with Crippen LogP contribution in [0.4, 0.5) is 0 Å². The highest BCUT2D eigenvalue weighted by molar-refractivity contribution is 6.32. The molecule has 0 spiro atoms. The van der Waals surface area contributed by atoms with Gasteiger partial charge in [-0.05, 0) is 30.5 Å². The van der Waals surface area contributed by atoms with Gasteiger partial charge in [0.15, 0.2) is 11.5 Å². The van der Waals surface area contributed by atoms with E-state index in [0.29, 0.717) is 48.1 Å². The number of carbonyl (C=O) groups excluding carboxylic acids is 1. The van der Waals surface area contributed by atoms with Crippen LogP contribution in [-0.4, -0.2) is 36.2 Å². The first-order valence-electron chi connectivity index (χ1n) is 8.65. The van der Waals surface area contributed by atoms with Crippen LogP contribution in [0.3, 0.4) is 0 Å². The van der Waals surface area contributed by atoms with E-state index in [-0.39, 0.29) is 18.4 Å². The molecule has 0 bridgehead atoms. The van der Waals surface area contributed by atoms with Crippen molar-refractivity contribution in [2.24, 2.45) is 5.92 Å². The molecule has 1 heterocycles. The average molecular weight is 368 g/mol. The first-order valence-corrected chi connectivity index (χ1v) is 9.02. The molecule has 1 fully saturated rings. The van der Waals surface area contributed by atoms with Gasteiger partial charge in [0.05, 0.1) is 17.4 Å². The third kappa shape index (κ3) is 4.37. The van der Waals surface area contributed by atoms with Gasteiger partial charge in [0.2, 0.25) is 5.91 Å². The molecule has 7 heteroatoms. The SMILES string of the molecule is O=C(Cc1cc(Cl)c2c(c1)OCCO2)N[C@H]1CCCCC[C@H]1C(=O)O. The molecular weight excluding hydrogens is 346 g/mol. The highest BCUT2D eigenvalue weighted by Gasteiger charge is 2.30. The van der Waals surface area contributed by atoms with E-state index in [9.17, 15) is 14.7 Å². The predicted octanol–water partition coefficient (Wildman–Crippen LogP) is 2.80. The number of benzene rings is 1. The maximum absolute atomic E-state index is 12.4. The Balaban J connectivity index is 1.67. The van der Waals surface area contributed by atoms with Gasteiger partial charge in [0, 0.05) is 6.04 Å². The van der Waals surface area contributed by atoms with E-state index < -0.39 is 11.9 Å². The van der Waals surface area contributed by atoms with E-state index in [1.807, 2.05) is 0 Å². The minimum absolute atomic E-state index is 0.124. The van der Waals surface area contributed by atoms with Crippen molar-refractivity contribution in [1.82, 2.24) is 5.32 Å². The minimum Gasteiger partial charge on any atom is -0.486 e. The number of halogens is 1. The Kier molecular flexibility index (Phi) is 5.68. The summed E-state index contributed by atoms with van der Waals surface area (Å²) in [5.74, 6) is -0.512. The molecule has 1 saturated carbocycles. The number of hydrogen-bond acceptors (Lipinski definition) is 4. The van der Waals surface area contributed by atoms with Crippen LogP contribution in [0.25, 0.3) is 0 Å². The number of aliphatic carboxylic acids is 1. The van der Waals surface area contributed by atoms with Crippen LogP contribution in [0.1, 0.15) is 37.7 Å². The van der Waals surface area contributed by atoms with Crippen LogP contribution in [0.5, 0.6) is 11.5 Å². The van der Waals surface area contributed by atoms with Gasteiger partial charge < -0.3 is 19.9 Å². The highest BCUT2D eigenvalue weighted by atomic mass is 35.5. The lowest BCUT2D eigenvalue weighted by atomic mass is 9.94. The van der Waals surface area contributed by atoms with Crippen LogP contribution >= 0.6 is 11.6 Å². The Hall–Kier alpha value is -1.95. The molecule has 1 amide bonds. The lowest BCUT2D eigenvalue weighted by Gasteiger charge is -2.23. The largest absolute Gasteiger partial charge is 0.486 e. The Morgan fingerprint density at radius 3 is 2.72 bits per heavy atom. The van der Waals surface area contributed by atoms with Crippen LogP contribution in [0.2, 0.25) is 5.02 Å². The Morgan fingerprint density at radius 1 is 1.16 bits per heavy atom. The summed E-state index contributed by atoms with van der Waals surface area (Å²) in [6.45, 7) is 0.895. The second-order valence-electron chi connectivity index (χ2n) is 6.54. The molecule has 0 radical (unpaired) electrons. The van der Waals surface area contributed by atoms with Gasteiger partial charge in [-0.1, -0.05) is 30.9 Å². The summed E-state index contributed by atoms with van der Waals surface area (Å²) in [6.07, 6.45) is 4.26. The Morgan fingerprint density at radius 2 is 1.92 bits per heavy atom. The van der Waals surface area contributed by atoms with Crippen molar-refractivity contribution in [1.29, 1.82) is 0 Å². The number of carbonyl (C=O) groups is 2. The normalized spacial score (nSPS) is 22.8. The zero-order valence-electron chi connectivity index (χ0n) is 13.9. The monoisotopic (exact) mass is 367 g/mol. The molecule has 0 saturated heterocycles. The lowest BCUT2D eigenvalue weighted by molar-refractivity contribution is -0.143. The predicted molar refractivity (Wildman–Crippen MR) is 92.3 cm³/mol. The van der Waals surface area contributed by atoms with E-state index in [4.69, 9.17) is 21.1 Å². The quantitative estimate of drug-likeness (QED) is 0.799. The summed E-state index contributed by atoms with van der Waals surface area (Å²) in [5, 5.41) is 12.7.